The molecule has 1 saturated carbocycles. The molecule has 0 aromatic carbocycles. The van der Waals surface area contributed by atoms with Gasteiger partial charge in [0.05, 0.1) is 11.4 Å². The number of aliphatic carboxylic acids is 1. The third-order valence-corrected chi connectivity index (χ3v) is 4.57. The second kappa shape index (κ2) is 5.14. The molecule has 16 heavy (non-hydrogen) atoms. The van der Waals surface area contributed by atoms with E-state index in [2.05, 4.69) is 0 Å². The number of sulfone groups is 1. The molecular weight excluding hydrogens is 232 g/mol. The summed E-state index contributed by atoms with van der Waals surface area (Å²) in [5.74, 6) is -1.01. The van der Waals surface area contributed by atoms with E-state index in [1.165, 1.54) is 13.2 Å². The second-order valence-electron chi connectivity index (χ2n) is 4.36. The maximum absolute atomic E-state index is 11.4. The molecule has 3 atom stereocenters. The highest BCUT2D eigenvalue weighted by atomic mass is 32.2. The lowest BCUT2D eigenvalue weighted by molar-refractivity contribution is -0.153. The molecule has 1 rings (SSSR count). The summed E-state index contributed by atoms with van der Waals surface area (Å²) in [6.45, 7) is 1.46. The Kier molecular flexibility index (Phi) is 4.32. The lowest BCUT2D eigenvalue weighted by Gasteiger charge is -2.29. The predicted molar refractivity (Wildman–Crippen MR) is 59.1 cm³/mol. The minimum Gasteiger partial charge on any atom is -0.479 e. The first-order valence-corrected chi connectivity index (χ1v) is 7.33. The third kappa shape index (κ3) is 3.75. The van der Waals surface area contributed by atoms with Gasteiger partial charge in [0.2, 0.25) is 0 Å². The third-order valence-electron chi connectivity index (χ3n) is 2.93. The molecule has 94 valence electrons. The summed E-state index contributed by atoms with van der Waals surface area (Å²) in [4.78, 5) is 10.6. The number of ether oxygens (including phenoxy) is 1. The highest BCUT2D eigenvalue weighted by Gasteiger charge is 2.31. The minimum absolute atomic E-state index is 0.250. The summed E-state index contributed by atoms with van der Waals surface area (Å²) in [5, 5.41) is 8.31. The molecule has 0 radical (unpaired) electrons. The van der Waals surface area contributed by atoms with Crippen molar-refractivity contribution in [3.05, 3.63) is 0 Å². The Hall–Kier alpha value is -0.620. The van der Waals surface area contributed by atoms with Crippen LogP contribution in [0.15, 0.2) is 0 Å². The van der Waals surface area contributed by atoms with E-state index in [4.69, 9.17) is 9.84 Å². The summed E-state index contributed by atoms with van der Waals surface area (Å²) in [6.07, 6.45) is 2.68. The van der Waals surface area contributed by atoms with Gasteiger partial charge < -0.3 is 9.84 Å². The molecule has 1 aliphatic carbocycles. The summed E-state index contributed by atoms with van der Waals surface area (Å²) < 4.78 is 28.1. The molecule has 0 saturated heterocycles. The molecule has 1 fully saturated rings. The first-order valence-electron chi connectivity index (χ1n) is 5.38. The Morgan fingerprint density at radius 2 is 2.06 bits per heavy atom. The van der Waals surface area contributed by atoms with Gasteiger partial charge in [-0.2, -0.15) is 0 Å². The predicted octanol–water partition coefficient (Wildman–Crippen LogP) is 0.832. The molecular formula is C10H18O5S. The zero-order valence-corrected chi connectivity index (χ0v) is 10.4. The van der Waals surface area contributed by atoms with Gasteiger partial charge in [0.1, 0.15) is 9.84 Å². The van der Waals surface area contributed by atoms with E-state index in [1.54, 1.807) is 0 Å². The van der Waals surface area contributed by atoms with Crippen molar-refractivity contribution >= 4 is 15.8 Å². The summed E-state index contributed by atoms with van der Waals surface area (Å²) in [7, 11) is -3.04. The summed E-state index contributed by atoms with van der Waals surface area (Å²) in [6, 6.07) is 0. The van der Waals surface area contributed by atoms with Crippen molar-refractivity contribution in [3.63, 3.8) is 0 Å². The van der Waals surface area contributed by atoms with Gasteiger partial charge in [-0.15, -0.1) is 0 Å². The van der Waals surface area contributed by atoms with Gasteiger partial charge in [0, 0.05) is 6.26 Å². The van der Waals surface area contributed by atoms with Crippen molar-refractivity contribution in [1.82, 2.24) is 0 Å². The molecule has 0 heterocycles. The Morgan fingerprint density at radius 3 is 2.56 bits per heavy atom. The maximum atomic E-state index is 11.4. The molecule has 0 aromatic heterocycles. The van der Waals surface area contributed by atoms with Crippen LogP contribution in [0.25, 0.3) is 0 Å². The zero-order valence-electron chi connectivity index (χ0n) is 9.55. The van der Waals surface area contributed by atoms with Crippen LogP contribution in [-0.2, 0) is 19.4 Å². The number of carboxylic acid groups (broad SMARTS) is 1. The van der Waals surface area contributed by atoms with Crippen molar-refractivity contribution < 1.29 is 23.1 Å². The van der Waals surface area contributed by atoms with Crippen LogP contribution < -0.4 is 0 Å². The number of carbonyl (C=O) groups is 1. The molecule has 5 nitrogen and oxygen atoms in total. The van der Waals surface area contributed by atoms with Crippen molar-refractivity contribution in [2.24, 2.45) is 0 Å². The van der Waals surface area contributed by atoms with E-state index < -0.39 is 21.9 Å². The van der Waals surface area contributed by atoms with Crippen LogP contribution in [0.2, 0.25) is 0 Å². The zero-order chi connectivity index (χ0) is 12.3. The average molecular weight is 250 g/mol. The SMILES string of the molecule is CC(OC1CCCC(S(C)(=O)=O)C1)C(=O)O. The van der Waals surface area contributed by atoms with Crippen molar-refractivity contribution in [2.75, 3.05) is 6.26 Å². The van der Waals surface area contributed by atoms with E-state index >= 15 is 0 Å². The smallest absolute Gasteiger partial charge is 0.332 e. The minimum atomic E-state index is -3.04. The summed E-state index contributed by atoms with van der Waals surface area (Å²) >= 11 is 0. The van der Waals surface area contributed by atoms with Crippen molar-refractivity contribution in [1.29, 1.82) is 0 Å². The molecule has 0 aliphatic heterocycles. The Morgan fingerprint density at radius 1 is 1.44 bits per heavy atom. The van der Waals surface area contributed by atoms with Crippen molar-refractivity contribution in [2.45, 2.75) is 50.1 Å². The van der Waals surface area contributed by atoms with Gasteiger partial charge in [-0.1, -0.05) is 0 Å². The number of hydrogen-bond acceptors (Lipinski definition) is 4. The first kappa shape index (κ1) is 13.4. The standard InChI is InChI=1S/C10H18O5S/c1-7(10(11)12)15-8-4-3-5-9(6-8)16(2,13)14/h7-9H,3-6H2,1-2H3,(H,11,12). The van der Waals surface area contributed by atoms with Crippen LogP contribution >= 0.6 is 0 Å². The van der Waals surface area contributed by atoms with Crippen LogP contribution in [0, 0.1) is 0 Å². The Balaban J connectivity index is 2.55. The van der Waals surface area contributed by atoms with E-state index in [9.17, 15) is 13.2 Å². The van der Waals surface area contributed by atoms with Crippen LogP contribution in [0.4, 0.5) is 0 Å². The number of hydrogen-bond donors (Lipinski definition) is 1. The van der Waals surface area contributed by atoms with Gasteiger partial charge >= 0.3 is 5.97 Å². The largest absolute Gasteiger partial charge is 0.479 e. The van der Waals surface area contributed by atoms with Crippen LogP contribution in [-0.4, -0.2) is 43.2 Å². The monoisotopic (exact) mass is 250 g/mol. The number of rotatable bonds is 4. The topological polar surface area (TPSA) is 80.7 Å². The highest BCUT2D eigenvalue weighted by Crippen LogP contribution is 2.26. The van der Waals surface area contributed by atoms with Crippen LogP contribution in [0.1, 0.15) is 32.6 Å². The van der Waals surface area contributed by atoms with Gasteiger partial charge in [-0.05, 0) is 32.6 Å². The highest BCUT2D eigenvalue weighted by molar-refractivity contribution is 7.91. The molecule has 1 N–H and O–H groups in total. The van der Waals surface area contributed by atoms with Crippen LogP contribution in [0.5, 0.6) is 0 Å². The van der Waals surface area contributed by atoms with Crippen molar-refractivity contribution in [3.8, 4) is 0 Å². The second-order valence-corrected chi connectivity index (χ2v) is 6.68. The fraction of sp³-hybridized carbons (Fsp3) is 0.900. The van der Waals surface area contributed by atoms with E-state index in [0.29, 0.717) is 12.8 Å². The molecule has 0 spiro atoms. The maximum Gasteiger partial charge on any atom is 0.332 e. The average Bonchev–Trinajstić information content (AvgIpc) is 2.16. The molecule has 6 heteroatoms. The van der Waals surface area contributed by atoms with E-state index in [-0.39, 0.29) is 11.4 Å². The van der Waals surface area contributed by atoms with E-state index in [1.807, 2.05) is 0 Å². The molecule has 0 bridgehead atoms. The van der Waals surface area contributed by atoms with Crippen LogP contribution in [0.3, 0.4) is 0 Å². The molecule has 3 unspecified atom stereocenters. The van der Waals surface area contributed by atoms with E-state index in [0.717, 1.165) is 12.8 Å². The Bertz CT molecular complexity index is 348. The van der Waals surface area contributed by atoms with Gasteiger partial charge in [-0.3, -0.25) is 0 Å². The molecule has 0 amide bonds. The number of carboxylic acids is 1. The summed E-state index contributed by atoms with van der Waals surface area (Å²) in [5.41, 5.74) is 0. The van der Waals surface area contributed by atoms with Gasteiger partial charge in [0.25, 0.3) is 0 Å². The lowest BCUT2D eigenvalue weighted by atomic mass is 9.97. The lowest BCUT2D eigenvalue weighted by Crippen LogP contribution is -2.35. The Labute approximate surface area is 95.7 Å². The normalized spacial score (nSPS) is 28.6. The quantitative estimate of drug-likeness (QED) is 0.799. The fourth-order valence-corrected chi connectivity index (χ4v) is 3.12. The molecule has 1 aliphatic rings. The fourth-order valence-electron chi connectivity index (χ4n) is 1.96. The van der Waals surface area contributed by atoms with Gasteiger partial charge in [-0.25, -0.2) is 13.2 Å². The van der Waals surface area contributed by atoms with Gasteiger partial charge in [0.15, 0.2) is 6.10 Å². The molecule has 0 aromatic rings. The first-order chi connectivity index (χ1) is 7.30.